The summed E-state index contributed by atoms with van der Waals surface area (Å²) in [6.45, 7) is 0. The topological polar surface area (TPSA) is 74.0 Å². The van der Waals surface area contributed by atoms with Gasteiger partial charge >= 0.3 is 0 Å². The van der Waals surface area contributed by atoms with E-state index in [0.717, 1.165) is 4.70 Å². The number of aliphatic hydroxyl groups excluding tert-OH is 1. The van der Waals surface area contributed by atoms with Gasteiger partial charge in [-0.2, -0.15) is 10.2 Å². The van der Waals surface area contributed by atoms with Crippen LogP contribution < -0.4 is 5.56 Å². The third kappa shape index (κ3) is 2.28. The van der Waals surface area contributed by atoms with Crippen LogP contribution in [0.4, 0.5) is 0 Å². The third-order valence-corrected chi connectivity index (χ3v) is 3.86. The van der Waals surface area contributed by atoms with E-state index in [1.54, 1.807) is 18.2 Å². The maximum Gasteiger partial charge on any atom is 0.279 e. The molecule has 0 amide bonds. The molecule has 0 atom stereocenters. The second kappa shape index (κ2) is 5.29. The number of nitriles is 1. The van der Waals surface area contributed by atoms with E-state index >= 15 is 0 Å². The number of alkyl halides is 1. The zero-order valence-corrected chi connectivity index (χ0v) is 11.5. The summed E-state index contributed by atoms with van der Waals surface area (Å²) in [6, 6.07) is 8.91. The summed E-state index contributed by atoms with van der Waals surface area (Å²) in [4.78, 5) is 15.6. The van der Waals surface area contributed by atoms with Crippen LogP contribution in [0.3, 0.4) is 0 Å². The number of aliphatic hydroxyl groups is 1. The number of benzene rings is 1. The van der Waals surface area contributed by atoms with Crippen LogP contribution in [0, 0.1) is 11.3 Å². The van der Waals surface area contributed by atoms with Crippen molar-refractivity contribution in [1.82, 2.24) is 4.98 Å². The zero-order chi connectivity index (χ0) is 13.1. The van der Waals surface area contributed by atoms with Gasteiger partial charge in [0.05, 0.1) is 10.7 Å². The van der Waals surface area contributed by atoms with Crippen molar-refractivity contribution in [3.8, 4) is 6.07 Å². The Hall–Kier alpha value is -1.71. The Balaban J connectivity index is 2.75. The van der Waals surface area contributed by atoms with E-state index in [9.17, 15) is 9.90 Å². The van der Waals surface area contributed by atoms with Crippen LogP contribution in [-0.4, -0.2) is 15.4 Å². The minimum Gasteiger partial charge on any atom is -0.510 e. The van der Waals surface area contributed by atoms with Gasteiger partial charge in [-0.15, -0.1) is 11.3 Å². The molecule has 4 nitrogen and oxygen atoms in total. The highest BCUT2D eigenvalue weighted by molar-refractivity contribution is 9.09. The van der Waals surface area contributed by atoms with E-state index in [2.05, 4.69) is 20.9 Å². The average molecular weight is 323 g/mol. The quantitative estimate of drug-likeness (QED) is 0.524. The fourth-order valence-corrected chi connectivity index (χ4v) is 2.72. The van der Waals surface area contributed by atoms with Crippen molar-refractivity contribution in [2.75, 3.05) is 5.33 Å². The van der Waals surface area contributed by atoms with Crippen LogP contribution in [0.1, 0.15) is 5.01 Å². The Morgan fingerprint density at radius 2 is 2.22 bits per heavy atom. The summed E-state index contributed by atoms with van der Waals surface area (Å²) < 4.78 is 0.739. The van der Waals surface area contributed by atoms with Gasteiger partial charge in [-0.3, -0.25) is 4.79 Å². The first kappa shape index (κ1) is 12.7. The summed E-state index contributed by atoms with van der Waals surface area (Å²) in [5.74, 6) is -0.129. The standard InChI is InChI=1S/C12H7BrN2O2S/c13-5-9(16)8(6-14)12-15-11(17)7-3-1-2-4-10(7)18-12/h1-4,16H,5H2/b9-8-. The molecular formula is C12H7BrN2O2S. The average Bonchev–Trinajstić information content (AvgIpc) is 2.39. The molecule has 0 aliphatic rings. The molecule has 0 spiro atoms. The van der Waals surface area contributed by atoms with E-state index in [-0.39, 0.29) is 21.7 Å². The van der Waals surface area contributed by atoms with Gasteiger partial charge in [0.25, 0.3) is 5.56 Å². The Bertz CT molecular complexity index is 731. The lowest BCUT2D eigenvalue weighted by Gasteiger charge is -2.01. The zero-order valence-electron chi connectivity index (χ0n) is 9.05. The van der Waals surface area contributed by atoms with E-state index in [4.69, 9.17) is 5.26 Å². The lowest BCUT2D eigenvalue weighted by molar-refractivity contribution is 0.421. The first-order valence-electron chi connectivity index (χ1n) is 4.95. The Morgan fingerprint density at radius 3 is 2.89 bits per heavy atom. The molecule has 6 heteroatoms. The monoisotopic (exact) mass is 322 g/mol. The largest absolute Gasteiger partial charge is 0.510 e. The molecule has 2 rings (SSSR count). The van der Waals surface area contributed by atoms with Crippen LogP contribution in [0.25, 0.3) is 15.7 Å². The van der Waals surface area contributed by atoms with Crippen molar-refractivity contribution in [2.45, 2.75) is 0 Å². The van der Waals surface area contributed by atoms with Crippen molar-refractivity contribution < 1.29 is 5.11 Å². The molecule has 0 aliphatic heterocycles. The molecule has 0 bridgehead atoms. The van der Waals surface area contributed by atoms with Gasteiger partial charge in [-0.05, 0) is 12.1 Å². The van der Waals surface area contributed by atoms with Crippen molar-refractivity contribution in [1.29, 1.82) is 5.26 Å². The lowest BCUT2D eigenvalue weighted by atomic mass is 10.2. The van der Waals surface area contributed by atoms with Gasteiger partial charge in [-0.25, -0.2) is 0 Å². The summed E-state index contributed by atoms with van der Waals surface area (Å²) >= 11 is 4.27. The van der Waals surface area contributed by atoms with Crippen LogP contribution in [0.15, 0.2) is 34.8 Å². The van der Waals surface area contributed by atoms with Crippen molar-refractivity contribution in [3.05, 3.63) is 45.4 Å². The molecule has 0 radical (unpaired) electrons. The summed E-state index contributed by atoms with van der Waals surface area (Å²) in [7, 11) is 0. The second-order valence-electron chi connectivity index (χ2n) is 3.39. The highest BCUT2D eigenvalue weighted by Crippen LogP contribution is 2.24. The number of hydrogen-bond donors (Lipinski definition) is 1. The molecular weight excluding hydrogens is 316 g/mol. The first-order chi connectivity index (χ1) is 8.67. The van der Waals surface area contributed by atoms with Crippen molar-refractivity contribution in [3.63, 3.8) is 0 Å². The fourth-order valence-electron chi connectivity index (χ4n) is 1.42. The highest BCUT2D eigenvalue weighted by atomic mass is 79.9. The molecule has 0 saturated heterocycles. The predicted octanol–water partition coefficient (Wildman–Crippen LogP) is 2.84. The van der Waals surface area contributed by atoms with Gasteiger partial charge in [0.1, 0.15) is 22.4 Å². The molecule has 1 aromatic carbocycles. The molecule has 0 unspecified atom stereocenters. The normalized spacial score (nSPS) is 12.0. The SMILES string of the molecule is N#C/C(=C(/O)CBr)c1nc(=O)c2ccccc2s1. The minimum atomic E-state index is -0.394. The highest BCUT2D eigenvalue weighted by Gasteiger charge is 2.12. The van der Waals surface area contributed by atoms with Crippen LogP contribution >= 0.6 is 27.3 Å². The molecule has 90 valence electrons. The molecule has 0 fully saturated rings. The van der Waals surface area contributed by atoms with Crippen LogP contribution in [0.5, 0.6) is 0 Å². The van der Waals surface area contributed by atoms with Gasteiger partial charge in [-0.1, -0.05) is 28.1 Å². The van der Waals surface area contributed by atoms with Crippen molar-refractivity contribution in [2.24, 2.45) is 0 Å². The molecule has 0 saturated carbocycles. The van der Waals surface area contributed by atoms with E-state index in [1.165, 1.54) is 11.3 Å². The first-order valence-corrected chi connectivity index (χ1v) is 6.89. The summed E-state index contributed by atoms with van der Waals surface area (Å²) in [5.41, 5.74) is -0.366. The number of allylic oxidation sites excluding steroid dienone is 2. The Kier molecular flexibility index (Phi) is 3.75. The number of halogens is 1. The maximum absolute atomic E-state index is 11.8. The van der Waals surface area contributed by atoms with E-state index in [0.29, 0.717) is 5.39 Å². The molecule has 1 N–H and O–H groups in total. The number of aromatic nitrogens is 1. The van der Waals surface area contributed by atoms with Crippen LogP contribution in [0.2, 0.25) is 0 Å². The summed E-state index contributed by atoms with van der Waals surface area (Å²) in [5, 5.41) is 19.5. The van der Waals surface area contributed by atoms with Gasteiger partial charge in [0.2, 0.25) is 0 Å². The molecule has 0 aliphatic carbocycles. The van der Waals surface area contributed by atoms with Gasteiger partial charge < -0.3 is 5.11 Å². The van der Waals surface area contributed by atoms with E-state index in [1.807, 2.05) is 12.1 Å². The smallest absolute Gasteiger partial charge is 0.279 e. The molecule has 1 heterocycles. The Labute approximate surface area is 115 Å². The molecule has 1 aromatic heterocycles. The predicted molar refractivity (Wildman–Crippen MR) is 74.8 cm³/mol. The van der Waals surface area contributed by atoms with E-state index < -0.39 is 5.56 Å². The third-order valence-electron chi connectivity index (χ3n) is 2.27. The number of nitrogens with zero attached hydrogens (tertiary/aromatic N) is 2. The van der Waals surface area contributed by atoms with Crippen LogP contribution in [-0.2, 0) is 0 Å². The number of hydrogen-bond acceptors (Lipinski definition) is 5. The fraction of sp³-hybridized carbons (Fsp3) is 0.0833. The lowest BCUT2D eigenvalue weighted by Crippen LogP contribution is -2.08. The molecule has 2 aromatic rings. The maximum atomic E-state index is 11.8. The summed E-state index contributed by atoms with van der Waals surface area (Å²) in [6.07, 6.45) is 0. The number of rotatable bonds is 2. The molecule has 18 heavy (non-hydrogen) atoms. The Morgan fingerprint density at radius 1 is 1.50 bits per heavy atom. The van der Waals surface area contributed by atoms with Crippen molar-refractivity contribution >= 4 is 42.9 Å². The van der Waals surface area contributed by atoms with Gasteiger partial charge in [0.15, 0.2) is 0 Å². The minimum absolute atomic E-state index is 0.0275. The number of fused-ring (bicyclic) bond motifs is 1. The van der Waals surface area contributed by atoms with Gasteiger partial charge in [0, 0.05) is 4.70 Å². The second-order valence-corrected chi connectivity index (χ2v) is 4.98.